The molecule has 0 saturated carbocycles. The highest BCUT2D eigenvalue weighted by Crippen LogP contribution is 2.25. The lowest BCUT2D eigenvalue weighted by molar-refractivity contribution is -0.148. The summed E-state index contributed by atoms with van der Waals surface area (Å²) in [7, 11) is 0. The average molecular weight is 184 g/mol. The lowest BCUT2D eigenvalue weighted by atomic mass is 9.84. The summed E-state index contributed by atoms with van der Waals surface area (Å²) in [4.78, 5) is 11.4. The van der Waals surface area contributed by atoms with Crippen LogP contribution in [0.15, 0.2) is 12.2 Å². The van der Waals surface area contributed by atoms with Crippen molar-refractivity contribution in [1.29, 1.82) is 0 Å². The summed E-state index contributed by atoms with van der Waals surface area (Å²) < 4.78 is 4.91. The normalized spacial score (nSPS) is 27.2. The van der Waals surface area contributed by atoms with Crippen LogP contribution in [-0.4, -0.2) is 24.3 Å². The van der Waals surface area contributed by atoms with Crippen LogP contribution in [0, 0.1) is 11.8 Å². The van der Waals surface area contributed by atoms with Crippen LogP contribution < -0.4 is 0 Å². The molecule has 2 atom stereocenters. The van der Waals surface area contributed by atoms with Gasteiger partial charge in [0.15, 0.2) is 0 Å². The second-order valence-electron chi connectivity index (χ2n) is 3.23. The first-order valence-corrected chi connectivity index (χ1v) is 4.73. The molecule has 0 aromatic rings. The molecule has 2 unspecified atom stereocenters. The standard InChI is InChI=1S/C10H16O3/c1-2-13-10(12)9-6-4-3-5-8(9)7-11/h4,6,8-9,11H,2-3,5,7H2,1H3. The van der Waals surface area contributed by atoms with E-state index in [9.17, 15) is 4.79 Å². The minimum atomic E-state index is -0.237. The molecule has 3 nitrogen and oxygen atoms in total. The van der Waals surface area contributed by atoms with Gasteiger partial charge in [-0.05, 0) is 25.7 Å². The van der Waals surface area contributed by atoms with Gasteiger partial charge in [0.25, 0.3) is 0 Å². The zero-order valence-corrected chi connectivity index (χ0v) is 7.90. The Balaban J connectivity index is 2.58. The molecule has 0 amide bonds. The lowest BCUT2D eigenvalue weighted by Crippen LogP contribution is -2.28. The maximum Gasteiger partial charge on any atom is 0.313 e. The summed E-state index contributed by atoms with van der Waals surface area (Å²) in [5, 5.41) is 9.04. The largest absolute Gasteiger partial charge is 0.466 e. The molecule has 1 rings (SSSR count). The van der Waals surface area contributed by atoms with E-state index in [4.69, 9.17) is 9.84 Å². The van der Waals surface area contributed by atoms with E-state index in [1.807, 2.05) is 12.2 Å². The van der Waals surface area contributed by atoms with Crippen molar-refractivity contribution < 1.29 is 14.6 Å². The van der Waals surface area contributed by atoms with Crippen molar-refractivity contribution in [1.82, 2.24) is 0 Å². The van der Waals surface area contributed by atoms with Gasteiger partial charge >= 0.3 is 5.97 Å². The second kappa shape index (κ2) is 5.02. The highest BCUT2D eigenvalue weighted by atomic mass is 16.5. The van der Waals surface area contributed by atoms with E-state index in [-0.39, 0.29) is 24.4 Å². The van der Waals surface area contributed by atoms with Gasteiger partial charge < -0.3 is 9.84 Å². The fourth-order valence-electron chi connectivity index (χ4n) is 1.60. The summed E-state index contributed by atoms with van der Waals surface area (Å²) in [5.74, 6) is -0.403. The van der Waals surface area contributed by atoms with E-state index < -0.39 is 0 Å². The van der Waals surface area contributed by atoms with Crippen LogP contribution in [0.2, 0.25) is 0 Å². The average Bonchev–Trinajstić information content (AvgIpc) is 2.18. The van der Waals surface area contributed by atoms with Crippen LogP contribution in [0.4, 0.5) is 0 Å². The zero-order valence-electron chi connectivity index (χ0n) is 7.90. The first-order chi connectivity index (χ1) is 6.29. The summed E-state index contributed by atoms with van der Waals surface area (Å²) in [5.41, 5.74) is 0. The maximum atomic E-state index is 11.4. The molecule has 13 heavy (non-hydrogen) atoms. The number of carbonyl (C=O) groups excluding carboxylic acids is 1. The van der Waals surface area contributed by atoms with Crippen molar-refractivity contribution in [2.75, 3.05) is 13.2 Å². The molecule has 1 aliphatic carbocycles. The molecule has 0 saturated heterocycles. The number of allylic oxidation sites excluding steroid dienone is 1. The first kappa shape index (κ1) is 10.3. The van der Waals surface area contributed by atoms with Gasteiger partial charge in [0.1, 0.15) is 0 Å². The highest BCUT2D eigenvalue weighted by Gasteiger charge is 2.28. The monoisotopic (exact) mass is 184 g/mol. The molecule has 0 aromatic carbocycles. The molecule has 1 aliphatic rings. The Morgan fingerprint density at radius 2 is 2.46 bits per heavy atom. The molecule has 0 spiro atoms. The molecule has 0 aliphatic heterocycles. The van der Waals surface area contributed by atoms with Crippen molar-refractivity contribution in [3.05, 3.63) is 12.2 Å². The number of rotatable bonds is 3. The Labute approximate surface area is 78.4 Å². The van der Waals surface area contributed by atoms with E-state index >= 15 is 0 Å². The van der Waals surface area contributed by atoms with Gasteiger partial charge in [0.2, 0.25) is 0 Å². The van der Waals surface area contributed by atoms with Crippen LogP contribution >= 0.6 is 0 Å². The topological polar surface area (TPSA) is 46.5 Å². The second-order valence-corrected chi connectivity index (χ2v) is 3.23. The van der Waals surface area contributed by atoms with Crippen LogP contribution in [-0.2, 0) is 9.53 Å². The minimum absolute atomic E-state index is 0.0454. The Kier molecular flexibility index (Phi) is 3.96. The molecule has 74 valence electrons. The van der Waals surface area contributed by atoms with E-state index in [0.717, 1.165) is 12.8 Å². The number of hydrogen-bond acceptors (Lipinski definition) is 3. The smallest absolute Gasteiger partial charge is 0.313 e. The quantitative estimate of drug-likeness (QED) is 0.528. The Hall–Kier alpha value is -0.830. The van der Waals surface area contributed by atoms with Crippen molar-refractivity contribution in [2.45, 2.75) is 19.8 Å². The van der Waals surface area contributed by atoms with Crippen molar-refractivity contribution in [3.8, 4) is 0 Å². The number of ether oxygens (including phenoxy) is 1. The Morgan fingerprint density at radius 1 is 1.69 bits per heavy atom. The van der Waals surface area contributed by atoms with Crippen LogP contribution in [0.5, 0.6) is 0 Å². The summed E-state index contributed by atoms with van der Waals surface area (Å²) in [6.45, 7) is 2.26. The molecule has 0 aromatic heterocycles. The van der Waals surface area contributed by atoms with Crippen molar-refractivity contribution >= 4 is 5.97 Å². The van der Waals surface area contributed by atoms with Crippen molar-refractivity contribution in [3.63, 3.8) is 0 Å². The highest BCUT2D eigenvalue weighted by molar-refractivity contribution is 5.75. The molecular formula is C10H16O3. The number of aliphatic hydroxyl groups excluding tert-OH is 1. The van der Waals surface area contributed by atoms with E-state index in [0.29, 0.717) is 6.61 Å². The molecule has 0 radical (unpaired) electrons. The summed E-state index contributed by atoms with van der Waals surface area (Å²) in [6.07, 6.45) is 5.65. The van der Waals surface area contributed by atoms with Crippen LogP contribution in [0.1, 0.15) is 19.8 Å². The molecule has 3 heteroatoms. The third-order valence-corrected chi connectivity index (χ3v) is 2.35. The summed E-state index contributed by atoms with van der Waals surface area (Å²) in [6, 6.07) is 0. The van der Waals surface area contributed by atoms with Gasteiger partial charge in [-0.3, -0.25) is 4.79 Å². The fourth-order valence-corrected chi connectivity index (χ4v) is 1.60. The van der Waals surface area contributed by atoms with Gasteiger partial charge in [-0.2, -0.15) is 0 Å². The summed E-state index contributed by atoms with van der Waals surface area (Å²) >= 11 is 0. The van der Waals surface area contributed by atoms with Crippen LogP contribution in [0.3, 0.4) is 0 Å². The Morgan fingerprint density at radius 3 is 3.08 bits per heavy atom. The SMILES string of the molecule is CCOC(=O)C1C=CCCC1CO. The van der Waals surface area contributed by atoms with E-state index in [1.54, 1.807) is 6.92 Å². The van der Waals surface area contributed by atoms with Gasteiger partial charge in [0.05, 0.1) is 12.5 Å². The molecule has 0 heterocycles. The molecule has 0 fully saturated rings. The maximum absolute atomic E-state index is 11.4. The minimum Gasteiger partial charge on any atom is -0.466 e. The van der Waals surface area contributed by atoms with Gasteiger partial charge in [0, 0.05) is 6.61 Å². The third kappa shape index (κ3) is 2.56. The number of hydrogen-bond donors (Lipinski definition) is 1. The predicted molar refractivity (Wildman–Crippen MR) is 49.1 cm³/mol. The molecule has 1 N–H and O–H groups in total. The fraction of sp³-hybridized carbons (Fsp3) is 0.700. The predicted octanol–water partition coefficient (Wildman–Crippen LogP) is 1.12. The molecule has 0 bridgehead atoms. The number of esters is 1. The van der Waals surface area contributed by atoms with Gasteiger partial charge in [-0.15, -0.1) is 0 Å². The van der Waals surface area contributed by atoms with E-state index in [1.165, 1.54) is 0 Å². The molecular weight excluding hydrogens is 168 g/mol. The first-order valence-electron chi connectivity index (χ1n) is 4.73. The van der Waals surface area contributed by atoms with Crippen molar-refractivity contribution in [2.24, 2.45) is 11.8 Å². The number of aliphatic hydroxyl groups is 1. The van der Waals surface area contributed by atoms with E-state index in [2.05, 4.69) is 0 Å². The van der Waals surface area contributed by atoms with Gasteiger partial charge in [-0.25, -0.2) is 0 Å². The van der Waals surface area contributed by atoms with Crippen LogP contribution in [0.25, 0.3) is 0 Å². The zero-order chi connectivity index (χ0) is 9.68. The van der Waals surface area contributed by atoms with Gasteiger partial charge in [-0.1, -0.05) is 12.2 Å². The Bertz CT molecular complexity index is 198. The third-order valence-electron chi connectivity index (χ3n) is 2.35. The lowest BCUT2D eigenvalue weighted by Gasteiger charge is -2.23. The number of carbonyl (C=O) groups is 1.